The summed E-state index contributed by atoms with van der Waals surface area (Å²) < 4.78 is 16.5. The summed E-state index contributed by atoms with van der Waals surface area (Å²) in [6.45, 7) is 6.35. The van der Waals surface area contributed by atoms with Crippen molar-refractivity contribution in [3.8, 4) is 11.5 Å². The number of carbonyl (C=O) groups excluding carboxylic acids is 2. The number of fused-ring (bicyclic) bond motifs is 1. The van der Waals surface area contributed by atoms with Crippen molar-refractivity contribution >= 4 is 17.4 Å². The van der Waals surface area contributed by atoms with E-state index in [0.29, 0.717) is 37.5 Å². The summed E-state index contributed by atoms with van der Waals surface area (Å²) in [5.41, 5.74) is 2.35. The second-order valence-electron chi connectivity index (χ2n) is 9.53. The molecule has 0 unspecified atom stereocenters. The molecule has 0 radical (unpaired) electrons. The number of rotatable bonds is 7. The molecular weight excluding hydrogens is 460 g/mol. The van der Waals surface area contributed by atoms with Gasteiger partial charge in [0.15, 0.2) is 0 Å². The number of nitrogens with zero attached hydrogens (tertiary/aromatic N) is 2. The highest BCUT2D eigenvalue weighted by atomic mass is 16.5. The van der Waals surface area contributed by atoms with Gasteiger partial charge in [0, 0.05) is 38.2 Å². The van der Waals surface area contributed by atoms with Gasteiger partial charge in [-0.3, -0.25) is 14.5 Å². The van der Waals surface area contributed by atoms with Crippen LogP contribution in [-0.2, 0) is 20.7 Å². The molecule has 2 saturated heterocycles. The van der Waals surface area contributed by atoms with Crippen molar-refractivity contribution in [2.45, 2.75) is 31.9 Å². The van der Waals surface area contributed by atoms with Crippen molar-refractivity contribution in [1.29, 1.82) is 0 Å². The van der Waals surface area contributed by atoms with E-state index in [2.05, 4.69) is 4.90 Å². The molecule has 1 N–H and O–H groups in total. The Morgan fingerprint density at radius 3 is 2.56 bits per heavy atom. The van der Waals surface area contributed by atoms with Crippen molar-refractivity contribution in [3.05, 3.63) is 64.7 Å². The molecule has 8 nitrogen and oxygen atoms in total. The predicted octanol–water partition coefficient (Wildman–Crippen LogP) is 3.16. The number of amides is 1. The Morgan fingerprint density at radius 1 is 1.08 bits per heavy atom. The van der Waals surface area contributed by atoms with E-state index in [-0.39, 0.29) is 17.4 Å². The Bertz CT molecular complexity index is 1170. The minimum Gasteiger partial charge on any atom is -0.507 e. The number of likely N-dealkylation sites (tertiary alicyclic amines) is 1. The van der Waals surface area contributed by atoms with E-state index in [1.165, 1.54) is 0 Å². The van der Waals surface area contributed by atoms with E-state index in [4.69, 9.17) is 14.2 Å². The second kappa shape index (κ2) is 10.3. The first kappa shape index (κ1) is 24.3. The number of methoxy groups -OCH3 is 1. The van der Waals surface area contributed by atoms with Crippen LogP contribution in [0.3, 0.4) is 0 Å². The Kier molecular flexibility index (Phi) is 6.98. The standard InChI is InChI=1S/C28H32N2O6/c1-18-16-21-17-20(6-9-23(21)36-18)26(31)24-25(19-4-7-22(34-2)8-5-19)30(28(33)27(24)32)11-3-10-29-12-14-35-15-13-29/h4-9,17-18,25,31H,3,10-16H2,1-2H3/b26-24+/t18-,25-/m0/s1. The van der Waals surface area contributed by atoms with Crippen LogP contribution in [-0.4, -0.2) is 79.2 Å². The number of benzene rings is 2. The zero-order chi connectivity index (χ0) is 25.2. The van der Waals surface area contributed by atoms with Crippen LogP contribution in [0.4, 0.5) is 0 Å². The smallest absolute Gasteiger partial charge is 0.295 e. The third kappa shape index (κ3) is 4.70. The number of hydrogen-bond donors (Lipinski definition) is 1. The molecule has 3 aliphatic rings. The average molecular weight is 493 g/mol. The second-order valence-corrected chi connectivity index (χ2v) is 9.53. The van der Waals surface area contributed by atoms with Crippen LogP contribution in [0.2, 0.25) is 0 Å². The van der Waals surface area contributed by atoms with E-state index in [1.54, 1.807) is 30.2 Å². The Labute approximate surface area is 211 Å². The molecule has 0 bridgehead atoms. The van der Waals surface area contributed by atoms with Crippen molar-refractivity contribution in [3.63, 3.8) is 0 Å². The number of Topliss-reactive ketones (excluding diaryl/α,β-unsaturated/α-hetero) is 1. The maximum Gasteiger partial charge on any atom is 0.295 e. The maximum absolute atomic E-state index is 13.3. The lowest BCUT2D eigenvalue weighted by Gasteiger charge is -2.29. The summed E-state index contributed by atoms with van der Waals surface area (Å²) >= 11 is 0. The van der Waals surface area contributed by atoms with E-state index in [1.807, 2.05) is 31.2 Å². The monoisotopic (exact) mass is 492 g/mol. The quantitative estimate of drug-likeness (QED) is 0.361. The number of ether oxygens (including phenoxy) is 3. The van der Waals surface area contributed by atoms with E-state index in [0.717, 1.165) is 42.9 Å². The predicted molar refractivity (Wildman–Crippen MR) is 134 cm³/mol. The highest BCUT2D eigenvalue weighted by Gasteiger charge is 2.46. The van der Waals surface area contributed by atoms with Crippen LogP contribution in [0.15, 0.2) is 48.0 Å². The van der Waals surface area contributed by atoms with Gasteiger partial charge in [0.1, 0.15) is 23.4 Å². The summed E-state index contributed by atoms with van der Waals surface area (Å²) in [7, 11) is 1.59. The molecule has 0 spiro atoms. The molecule has 2 aromatic carbocycles. The third-order valence-electron chi connectivity index (χ3n) is 7.12. The van der Waals surface area contributed by atoms with Crippen molar-refractivity contribution < 1.29 is 28.9 Å². The van der Waals surface area contributed by atoms with Gasteiger partial charge in [-0.1, -0.05) is 12.1 Å². The highest BCUT2D eigenvalue weighted by Crippen LogP contribution is 2.41. The van der Waals surface area contributed by atoms with Crippen molar-refractivity contribution in [2.24, 2.45) is 0 Å². The van der Waals surface area contributed by atoms with E-state index < -0.39 is 17.7 Å². The molecule has 3 aliphatic heterocycles. The van der Waals surface area contributed by atoms with Gasteiger partial charge in [-0.05, 0) is 54.8 Å². The van der Waals surface area contributed by atoms with Gasteiger partial charge < -0.3 is 24.2 Å². The van der Waals surface area contributed by atoms with Crippen LogP contribution < -0.4 is 9.47 Å². The molecular formula is C28H32N2O6. The molecule has 8 heteroatoms. The molecule has 0 aliphatic carbocycles. The largest absolute Gasteiger partial charge is 0.507 e. The lowest BCUT2D eigenvalue weighted by atomic mass is 9.94. The molecule has 3 heterocycles. The van der Waals surface area contributed by atoms with Crippen molar-refractivity contribution in [1.82, 2.24) is 9.80 Å². The van der Waals surface area contributed by atoms with E-state index >= 15 is 0 Å². The first-order valence-electron chi connectivity index (χ1n) is 12.5. The van der Waals surface area contributed by atoms with Crippen LogP contribution in [0.5, 0.6) is 11.5 Å². The SMILES string of the molecule is COc1ccc([C@H]2/C(=C(\O)c3ccc4c(c3)C[C@H](C)O4)C(=O)C(=O)N2CCCN2CCOCC2)cc1. The molecule has 36 heavy (non-hydrogen) atoms. The molecule has 0 saturated carbocycles. The molecule has 1 amide bonds. The first-order valence-corrected chi connectivity index (χ1v) is 12.5. The first-order chi connectivity index (χ1) is 17.5. The zero-order valence-electron chi connectivity index (χ0n) is 20.7. The maximum atomic E-state index is 13.3. The minimum atomic E-state index is -0.677. The van der Waals surface area contributed by atoms with Gasteiger partial charge in [0.2, 0.25) is 0 Å². The summed E-state index contributed by atoms with van der Waals surface area (Å²) in [5.74, 6) is 0.0551. The lowest BCUT2D eigenvalue weighted by molar-refractivity contribution is -0.140. The summed E-state index contributed by atoms with van der Waals surface area (Å²) in [4.78, 5) is 30.4. The fraction of sp³-hybridized carbons (Fsp3) is 0.429. The van der Waals surface area contributed by atoms with Gasteiger partial charge in [0.05, 0.1) is 31.9 Å². The molecule has 2 fully saturated rings. The van der Waals surface area contributed by atoms with E-state index in [9.17, 15) is 14.7 Å². The number of hydrogen-bond acceptors (Lipinski definition) is 7. The fourth-order valence-corrected chi connectivity index (χ4v) is 5.26. The van der Waals surface area contributed by atoms with Gasteiger partial charge >= 0.3 is 0 Å². The minimum absolute atomic E-state index is 0.0636. The number of ketones is 1. The Balaban J connectivity index is 1.48. The summed E-state index contributed by atoms with van der Waals surface area (Å²) in [5, 5.41) is 11.4. The molecule has 190 valence electrons. The summed E-state index contributed by atoms with van der Waals surface area (Å²) in [6.07, 6.45) is 1.51. The van der Waals surface area contributed by atoms with Crippen LogP contribution in [0, 0.1) is 0 Å². The van der Waals surface area contributed by atoms with Gasteiger partial charge in [-0.2, -0.15) is 0 Å². The lowest BCUT2D eigenvalue weighted by Crippen LogP contribution is -2.38. The highest BCUT2D eigenvalue weighted by molar-refractivity contribution is 6.46. The third-order valence-corrected chi connectivity index (χ3v) is 7.12. The number of aliphatic hydroxyl groups is 1. The number of aliphatic hydroxyl groups excluding tert-OH is 1. The average Bonchev–Trinajstić information content (AvgIpc) is 3.40. The van der Waals surface area contributed by atoms with Crippen LogP contribution in [0.25, 0.3) is 5.76 Å². The molecule has 0 aromatic heterocycles. The van der Waals surface area contributed by atoms with Crippen LogP contribution in [0.1, 0.15) is 36.1 Å². The normalized spacial score (nSPS) is 23.6. The van der Waals surface area contributed by atoms with Crippen LogP contribution >= 0.6 is 0 Å². The number of morpholine rings is 1. The summed E-state index contributed by atoms with van der Waals surface area (Å²) in [6, 6.07) is 12.0. The Hall–Kier alpha value is -3.36. The zero-order valence-corrected chi connectivity index (χ0v) is 20.7. The molecule has 5 rings (SSSR count). The number of carbonyl (C=O) groups is 2. The van der Waals surface area contributed by atoms with Crippen molar-refractivity contribution in [2.75, 3.05) is 46.5 Å². The fourth-order valence-electron chi connectivity index (χ4n) is 5.26. The van der Waals surface area contributed by atoms with Gasteiger partial charge in [-0.25, -0.2) is 0 Å². The topological polar surface area (TPSA) is 88.5 Å². The van der Waals surface area contributed by atoms with Gasteiger partial charge in [0.25, 0.3) is 11.7 Å². The van der Waals surface area contributed by atoms with Gasteiger partial charge in [-0.15, -0.1) is 0 Å². The molecule has 2 atom stereocenters. The Morgan fingerprint density at radius 2 is 1.83 bits per heavy atom. The molecule has 2 aromatic rings.